The number of nitrogens with one attached hydrogen (secondary N) is 1. The predicted molar refractivity (Wildman–Crippen MR) is 72.2 cm³/mol. The van der Waals surface area contributed by atoms with Gasteiger partial charge in [0.1, 0.15) is 0 Å². The van der Waals surface area contributed by atoms with Crippen molar-refractivity contribution in [2.75, 3.05) is 0 Å². The van der Waals surface area contributed by atoms with Crippen LogP contribution in [0.2, 0.25) is 0 Å². The fourth-order valence-electron chi connectivity index (χ4n) is 1.85. The molecule has 2 aromatic rings. The number of nitrogens with zero attached hydrogens (tertiary/aromatic N) is 2. The van der Waals surface area contributed by atoms with Gasteiger partial charge in [-0.15, -0.1) is 11.3 Å². The van der Waals surface area contributed by atoms with Gasteiger partial charge in [0.2, 0.25) is 0 Å². The lowest BCUT2D eigenvalue weighted by molar-refractivity contribution is 0.583. The fourth-order valence-corrected chi connectivity index (χ4v) is 2.87. The summed E-state index contributed by atoms with van der Waals surface area (Å²) in [6.45, 7) is 9.21. The molecule has 1 N–H and O–H groups in total. The number of rotatable bonds is 5. The van der Waals surface area contributed by atoms with E-state index in [2.05, 4.69) is 43.3 Å². The van der Waals surface area contributed by atoms with E-state index in [1.807, 2.05) is 22.2 Å². The molecule has 4 heteroatoms. The van der Waals surface area contributed by atoms with Crippen molar-refractivity contribution in [3.63, 3.8) is 0 Å². The first-order valence-corrected chi connectivity index (χ1v) is 6.79. The standard InChI is InChI=1S/C13H19N3S/c1-4-16-12(5-6-15-16)8-14-9-13-7-10(2)11(3)17-13/h5-7,14H,4,8-9H2,1-3H3. The van der Waals surface area contributed by atoms with Crippen LogP contribution in [0, 0.1) is 13.8 Å². The van der Waals surface area contributed by atoms with Crippen LogP contribution < -0.4 is 5.32 Å². The van der Waals surface area contributed by atoms with E-state index in [9.17, 15) is 0 Å². The van der Waals surface area contributed by atoms with Gasteiger partial charge in [0.05, 0.1) is 5.69 Å². The lowest BCUT2D eigenvalue weighted by atomic mass is 10.3. The summed E-state index contributed by atoms with van der Waals surface area (Å²) in [6, 6.07) is 4.34. The second-order valence-corrected chi connectivity index (χ2v) is 5.53. The van der Waals surface area contributed by atoms with Gasteiger partial charge in [0.15, 0.2) is 0 Å². The van der Waals surface area contributed by atoms with Crippen LogP contribution in [-0.2, 0) is 19.6 Å². The molecule has 17 heavy (non-hydrogen) atoms. The Morgan fingerprint density at radius 2 is 2.18 bits per heavy atom. The van der Waals surface area contributed by atoms with Crippen molar-refractivity contribution in [3.05, 3.63) is 39.3 Å². The van der Waals surface area contributed by atoms with E-state index >= 15 is 0 Å². The molecule has 0 radical (unpaired) electrons. The van der Waals surface area contributed by atoms with Gasteiger partial charge in [-0.25, -0.2) is 0 Å². The number of hydrogen-bond acceptors (Lipinski definition) is 3. The fraction of sp³-hybridized carbons (Fsp3) is 0.462. The highest BCUT2D eigenvalue weighted by Crippen LogP contribution is 2.20. The monoisotopic (exact) mass is 249 g/mol. The molecular weight excluding hydrogens is 230 g/mol. The van der Waals surface area contributed by atoms with Crippen molar-refractivity contribution in [2.45, 2.75) is 40.4 Å². The molecule has 3 nitrogen and oxygen atoms in total. The first-order valence-electron chi connectivity index (χ1n) is 5.98. The molecule has 0 fully saturated rings. The Morgan fingerprint density at radius 3 is 2.82 bits per heavy atom. The van der Waals surface area contributed by atoms with E-state index in [-0.39, 0.29) is 0 Å². The van der Waals surface area contributed by atoms with Crippen LogP contribution in [0.1, 0.15) is 27.9 Å². The van der Waals surface area contributed by atoms with Gasteiger partial charge in [-0.1, -0.05) is 0 Å². The smallest absolute Gasteiger partial charge is 0.0522 e. The largest absolute Gasteiger partial charge is 0.306 e. The Kier molecular flexibility index (Phi) is 3.97. The maximum Gasteiger partial charge on any atom is 0.0522 e. The molecular formula is C13H19N3S. The van der Waals surface area contributed by atoms with Gasteiger partial charge in [0.25, 0.3) is 0 Å². The van der Waals surface area contributed by atoms with E-state index in [1.165, 1.54) is 21.0 Å². The molecule has 0 bridgehead atoms. The molecule has 0 saturated carbocycles. The highest BCUT2D eigenvalue weighted by Gasteiger charge is 2.03. The van der Waals surface area contributed by atoms with Crippen LogP contribution in [0.3, 0.4) is 0 Å². The minimum atomic E-state index is 0.879. The van der Waals surface area contributed by atoms with Gasteiger partial charge in [-0.2, -0.15) is 5.10 Å². The zero-order valence-electron chi connectivity index (χ0n) is 10.7. The maximum absolute atomic E-state index is 4.26. The Hall–Kier alpha value is -1.13. The SMILES string of the molecule is CCn1nccc1CNCc1cc(C)c(C)s1. The second kappa shape index (κ2) is 5.47. The lowest BCUT2D eigenvalue weighted by Gasteiger charge is -2.05. The quantitative estimate of drug-likeness (QED) is 0.883. The Bertz CT molecular complexity index is 465. The molecule has 0 aliphatic carbocycles. The van der Waals surface area contributed by atoms with Crippen LogP contribution in [-0.4, -0.2) is 9.78 Å². The van der Waals surface area contributed by atoms with Gasteiger partial charge in [0, 0.05) is 35.6 Å². The van der Waals surface area contributed by atoms with Crippen molar-refractivity contribution >= 4 is 11.3 Å². The molecule has 92 valence electrons. The minimum Gasteiger partial charge on any atom is -0.306 e. The van der Waals surface area contributed by atoms with Crippen LogP contribution >= 0.6 is 11.3 Å². The molecule has 0 saturated heterocycles. The molecule has 0 atom stereocenters. The van der Waals surface area contributed by atoms with Crippen LogP contribution in [0.15, 0.2) is 18.3 Å². The summed E-state index contributed by atoms with van der Waals surface area (Å²) in [4.78, 5) is 2.82. The third-order valence-corrected chi connectivity index (χ3v) is 4.08. The highest BCUT2D eigenvalue weighted by molar-refractivity contribution is 7.12. The van der Waals surface area contributed by atoms with E-state index < -0.39 is 0 Å². The summed E-state index contributed by atoms with van der Waals surface area (Å²) in [5, 5.41) is 7.73. The molecule has 0 aliphatic heterocycles. The molecule has 0 amide bonds. The first kappa shape index (κ1) is 12.3. The topological polar surface area (TPSA) is 29.9 Å². The summed E-state index contributed by atoms with van der Waals surface area (Å²) >= 11 is 1.88. The van der Waals surface area contributed by atoms with Crippen molar-refractivity contribution in [1.82, 2.24) is 15.1 Å². The van der Waals surface area contributed by atoms with Crippen LogP contribution in [0.25, 0.3) is 0 Å². The number of aromatic nitrogens is 2. The summed E-state index contributed by atoms with van der Waals surface area (Å²) in [7, 11) is 0. The summed E-state index contributed by atoms with van der Waals surface area (Å²) in [5.74, 6) is 0. The predicted octanol–water partition coefficient (Wildman–Crippen LogP) is 2.87. The summed E-state index contributed by atoms with van der Waals surface area (Å²) < 4.78 is 2.03. The maximum atomic E-state index is 4.26. The van der Waals surface area contributed by atoms with E-state index in [4.69, 9.17) is 0 Å². The molecule has 0 aliphatic rings. The van der Waals surface area contributed by atoms with Crippen LogP contribution in [0.5, 0.6) is 0 Å². The summed E-state index contributed by atoms with van der Waals surface area (Å²) in [5.41, 5.74) is 2.64. The average Bonchev–Trinajstić information content (AvgIpc) is 2.87. The molecule has 2 aromatic heterocycles. The molecule has 0 spiro atoms. The van der Waals surface area contributed by atoms with Crippen molar-refractivity contribution in [2.24, 2.45) is 0 Å². The van der Waals surface area contributed by atoms with Gasteiger partial charge in [-0.3, -0.25) is 4.68 Å². The third-order valence-electron chi connectivity index (χ3n) is 2.93. The summed E-state index contributed by atoms with van der Waals surface area (Å²) in [6.07, 6.45) is 1.86. The Morgan fingerprint density at radius 1 is 1.35 bits per heavy atom. The van der Waals surface area contributed by atoms with Gasteiger partial charge < -0.3 is 5.32 Å². The van der Waals surface area contributed by atoms with Crippen molar-refractivity contribution in [3.8, 4) is 0 Å². The number of aryl methyl sites for hydroxylation is 3. The lowest BCUT2D eigenvalue weighted by Crippen LogP contribution is -2.15. The molecule has 0 aromatic carbocycles. The van der Waals surface area contributed by atoms with Crippen LogP contribution in [0.4, 0.5) is 0 Å². The van der Waals surface area contributed by atoms with Gasteiger partial charge in [-0.05, 0) is 38.5 Å². The van der Waals surface area contributed by atoms with E-state index in [0.717, 1.165) is 19.6 Å². The Balaban J connectivity index is 1.87. The minimum absolute atomic E-state index is 0.879. The second-order valence-electron chi connectivity index (χ2n) is 4.19. The molecule has 2 rings (SSSR count). The molecule has 2 heterocycles. The Labute approximate surface area is 106 Å². The van der Waals surface area contributed by atoms with Crippen molar-refractivity contribution < 1.29 is 0 Å². The van der Waals surface area contributed by atoms with E-state index in [1.54, 1.807) is 0 Å². The first-order chi connectivity index (χ1) is 8.20. The number of hydrogen-bond donors (Lipinski definition) is 1. The zero-order valence-corrected chi connectivity index (χ0v) is 11.5. The van der Waals surface area contributed by atoms with Gasteiger partial charge >= 0.3 is 0 Å². The highest BCUT2D eigenvalue weighted by atomic mass is 32.1. The van der Waals surface area contributed by atoms with Crippen molar-refractivity contribution in [1.29, 1.82) is 0 Å². The molecule has 0 unspecified atom stereocenters. The van der Waals surface area contributed by atoms with E-state index in [0.29, 0.717) is 0 Å². The number of thiophene rings is 1. The third kappa shape index (κ3) is 2.96. The average molecular weight is 249 g/mol. The zero-order chi connectivity index (χ0) is 12.3. The normalized spacial score (nSPS) is 11.0.